The molecule has 0 aliphatic carbocycles. The monoisotopic (exact) mass is 287 g/mol. The zero-order chi connectivity index (χ0) is 15.0. The van der Waals surface area contributed by atoms with Gasteiger partial charge in [0.25, 0.3) is 0 Å². The fraction of sp³-hybridized carbons (Fsp3) is 0.357. The highest BCUT2D eigenvalue weighted by molar-refractivity contribution is 5.73. The Morgan fingerprint density at radius 1 is 1.38 bits per heavy atom. The third-order valence-corrected chi connectivity index (χ3v) is 3.94. The van der Waals surface area contributed by atoms with E-state index in [1.54, 1.807) is 0 Å². The maximum atomic E-state index is 11.7. The second-order valence-electron chi connectivity index (χ2n) is 5.20. The van der Waals surface area contributed by atoms with Gasteiger partial charge < -0.3 is 16.6 Å². The van der Waals surface area contributed by atoms with E-state index >= 15 is 0 Å². The number of fused-ring (bicyclic) bond motifs is 1. The summed E-state index contributed by atoms with van der Waals surface area (Å²) in [5.74, 6) is -0.318. The number of rotatable bonds is 3. The first-order valence-corrected chi connectivity index (χ1v) is 6.82. The molecule has 0 amide bonds. The minimum atomic E-state index is -0.922. The first kappa shape index (κ1) is 13.6. The number of carbonyl (C=O) groups is 1. The molecule has 2 heterocycles. The van der Waals surface area contributed by atoms with E-state index in [1.807, 2.05) is 24.3 Å². The van der Waals surface area contributed by atoms with Crippen LogP contribution in [-0.2, 0) is 17.8 Å². The van der Waals surface area contributed by atoms with Crippen LogP contribution in [-0.4, -0.2) is 25.8 Å². The molecule has 2 aromatic rings. The first-order chi connectivity index (χ1) is 10.1. The largest absolute Gasteiger partial charge is 0.480 e. The summed E-state index contributed by atoms with van der Waals surface area (Å²) in [6.45, 7) is 0.469. The van der Waals surface area contributed by atoms with E-state index in [0.717, 1.165) is 11.1 Å². The molecule has 1 aliphatic rings. The summed E-state index contributed by atoms with van der Waals surface area (Å²) in [6.07, 6.45) is 1.37. The maximum Gasteiger partial charge on any atom is 0.329 e. The quantitative estimate of drug-likeness (QED) is 0.763. The number of carboxylic acids is 1. The highest BCUT2D eigenvalue weighted by Gasteiger charge is 2.37. The second kappa shape index (κ2) is 5.17. The van der Waals surface area contributed by atoms with Crippen molar-refractivity contribution in [3.05, 3.63) is 41.2 Å². The minimum Gasteiger partial charge on any atom is -0.480 e. The number of carboxylic acid groups (broad SMARTS) is 1. The molecule has 1 aromatic heterocycles. The second-order valence-corrected chi connectivity index (χ2v) is 5.20. The predicted octanol–water partition coefficient (Wildman–Crippen LogP) is 0.675. The van der Waals surface area contributed by atoms with E-state index in [4.69, 9.17) is 11.5 Å². The van der Waals surface area contributed by atoms with Crippen LogP contribution in [0.3, 0.4) is 0 Å². The fourth-order valence-electron chi connectivity index (χ4n) is 2.91. The number of aromatic nitrogens is 3. The Morgan fingerprint density at radius 3 is 2.71 bits per heavy atom. The van der Waals surface area contributed by atoms with Gasteiger partial charge in [-0.05, 0) is 17.5 Å². The molecular formula is C14H17N5O2. The van der Waals surface area contributed by atoms with Gasteiger partial charge in [-0.15, -0.1) is 5.10 Å². The molecule has 1 aromatic carbocycles. The standard InChI is InChI=1S/C14H17N5O2/c15-7-8-1-3-9(4-2-8)10-5-6-11-17-14(16)18-19(11)12(10)13(20)21/h1-4,10,12H,5-7,15H2,(H2,16,18)(H,20,21). The molecule has 7 heteroatoms. The smallest absolute Gasteiger partial charge is 0.329 e. The summed E-state index contributed by atoms with van der Waals surface area (Å²) in [5, 5.41) is 13.6. The molecule has 1 aliphatic heterocycles. The van der Waals surface area contributed by atoms with Crippen LogP contribution in [0.4, 0.5) is 5.95 Å². The Kier molecular flexibility index (Phi) is 3.34. The SMILES string of the molecule is NCc1ccc(C2CCc3nc(N)nn3C2C(=O)O)cc1. The van der Waals surface area contributed by atoms with Crippen LogP contribution in [0.1, 0.15) is 35.3 Å². The number of aryl methyl sites for hydroxylation is 1. The number of aliphatic carboxylic acids is 1. The van der Waals surface area contributed by atoms with Crippen molar-refractivity contribution in [3.8, 4) is 0 Å². The van der Waals surface area contributed by atoms with Crippen LogP contribution >= 0.6 is 0 Å². The van der Waals surface area contributed by atoms with Gasteiger partial charge in [0.05, 0.1) is 0 Å². The van der Waals surface area contributed by atoms with Crippen molar-refractivity contribution in [2.75, 3.05) is 5.73 Å². The van der Waals surface area contributed by atoms with Gasteiger partial charge in [0.1, 0.15) is 5.82 Å². The summed E-state index contributed by atoms with van der Waals surface area (Å²) >= 11 is 0. The summed E-state index contributed by atoms with van der Waals surface area (Å²) in [6, 6.07) is 6.96. The first-order valence-electron chi connectivity index (χ1n) is 6.82. The van der Waals surface area contributed by atoms with Gasteiger partial charge in [-0.2, -0.15) is 4.98 Å². The van der Waals surface area contributed by atoms with Crippen molar-refractivity contribution in [2.45, 2.75) is 31.3 Å². The van der Waals surface area contributed by atoms with Gasteiger partial charge in [0.2, 0.25) is 5.95 Å². The van der Waals surface area contributed by atoms with Gasteiger partial charge in [-0.25, -0.2) is 9.48 Å². The van der Waals surface area contributed by atoms with Crippen LogP contribution in [0.25, 0.3) is 0 Å². The molecule has 110 valence electrons. The van der Waals surface area contributed by atoms with Crippen LogP contribution in [0.2, 0.25) is 0 Å². The van der Waals surface area contributed by atoms with Crippen molar-refractivity contribution in [2.24, 2.45) is 5.73 Å². The Bertz CT molecular complexity index is 665. The Labute approximate surface area is 121 Å². The molecule has 21 heavy (non-hydrogen) atoms. The predicted molar refractivity (Wildman–Crippen MR) is 76.5 cm³/mol. The van der Waals surface area contributed by atoms with Crippen LogP contribution in [0, 0.1) is 0 Å². The topological polar surface area (TPSA) is 120 Å². The van der Waals surface area contributed by atoms with Gasteiger partial charge in [0, 0.05) is 18.9 Å². The molecule has 0 saturated carbocycles. The number of hydrogen-bond donors (Lipinski definition) is 3. The van der Waals surface area contributed by atoms with E-state index < -0.39 is 12.0 Å². The van der Waals surface area contributed by atoms with E-state index in [9.17, 15) is 9.90 Å². The lowest BCUT2D eigenvalue weighted by atomic mass is 9.84. The Hall–Kier alpha value is -2.41. The highest BCUT2D eigenvalue weighted by atomic mass is 16.4. The van der Waals surface area contributed by atoms with Crippen LogP contribution in [0.15, 0.2) is 24.3 Å². The molecule has 3 rings (SSSR count). The van der Waals surface area contributed by atoms with E-state index in [2.05, 4.69) is 10.1 Å². The van der Waals surface area contributed by atoms with E-state index in [0.29, 0.717) is 25.2 Å². The van der Waals surface area contributed by atoms with Gasteiger partial charge in [-0.1, -0.05) is 24.3 Å². The molecule has 0 saturated heterocycles. The summed E-state index contributed by atoms with van der Waals surface area (Å²) in [5.41, 5.74) is 13.2. The zero-order valence-electron chi connectivity index (χ0n) is 11.4. The number of nitrogens with zero attached hydrogens (tertiary/aromatic N) is 3. The third-order valence-electron chi connectivity index (χ3n) is 3.94. The lowest BCUT2D eigenvalue weighted by molar-refractivity contribution is -0.142. The summed E-state index contributed by atoms with van der Waals surface area (Å²) < 4.78 is 1.45. The lowest BCUT2D eigenvalue weighted by Gasteiger charge is -2.29. The average molecular weight is 287 g/mol. The molecular weight excluding hydrogens is 270 g/mol. The van der Waals surface area contributed by atoms with Crippen LogP contribution in [0.5, 0.6) is 0 Å². The van der Waals surface area contributed by atoms with E-state index in [1.165, 1.54) is 4.68 Å². The average Bonchev–Trinajstić information content (AvgIpc) is 2.86. The summed E-state index contributed by atoms with van der Waals surface area (Å²) in [4.78, 5) is 15.8. The normalized spacial score (nSPS) is 21.0. The van der Waals surface area contributed by atoms with Crippen molar-refractivity contribution < 1.29 is 9.90 Å². The number of benzene rings is 1. The molecule has 7 nitrogen and oxygen atoms in total. The molecule has 5 N–H and O–H groups in total. The number of hydrogen-bond acceptors (Lipinski definition) is 5. The molecule has 0 spiro atoms. The molecule has 2 unspecified atom stereocenters. The van der Waals surface area contributed by atoms with Gasteiger partial charge >= 0.3 is 5.97 Å². The zero-order valence-corrected chi connectivity index (χ0v) is 11.4. The molecule has 0 fully saturated rings. The number of anilines is 1. The molecule has 0 bridgehead atoms. The van der Waals surface area contributed by atoms with E-state index in [-0.39, 0.29) is 11.9 Å². The number of nitrogens with two attached hydrogens (primary N) is 2. The van der Waals surface area contributed by atoms with Crippen LogP contribution < -0.4 is 11.5 Å². The lowest BCUT2D eigenvalue weighted by Crippen LogP contribution is -2.32. The Morgan fingerprint density at radius 2 is 2.10 bits per heavy atom. The maximum absolute atomic E-state index is 11.7. The highest BCUT2D eigenvalue weighted by Crippen LogP contribution is 2.37. The minimum absolute atomic E-state index is 0.121. The van der Waals surface area contributed by atoms with Gasteiger partial charge in [-0.3, -0.25) is 0 Å². The Balaban J connectivity index is 1.99. The van der Waals surface area contributed by atoms with Gasteiger partial charge in [0.15, 0.2) is 6.04 Å². The van der Waals surface area contributed by atoms with Crippen molar-refractivity contribution in [3.63, 3.8) is 0 Å². The van der Waals surface area contributed by atoms with Crippen molar-refractivity contribution in [1.82, 2.24) is 14.8 Å². The molecule has 0 radical (unpaired) electrons. The summed E-state index contributed by atoms with van der Waals surface area (Å²) in [7, 11) is 0. The molecule has 2 atom stereocenters. The third kappa shape index (κ3) is 2.36. The van der Waals surface area contributed by atoms with Crippen molar-refractivity contribution in [1.29, 1.82) is 0 Å². The fourth-order valence-corrected chi connectivity index (χ4v) is 2.91. The number of nitrogen functional groups attached to an aromatic ring is 1. The van der Waals surface area contributed by atoms with Crippen molar-refractivity contribution >= 4 is 11.9 Å².